The lowest BCUT2D eigenvalue weighted by atomic mass is 10.1. The van der Waals surface area contributed by atoms with Crippen LogP contribution in [0.2, 0.25) is 0 Å². The summed E-state index contributed by atoms with van der Waals surface area (Å²) >= 11 is 0. The third-order valence-corrected chi connectivity index (χ3v) is 3.96. The molecule has 1 N–H and O–H groups in total. The monoisotopic (exact) mass is 349 g/mol. The maximum Gasteiger partial charge on any atom is 0.387 e. The number of rotatable bonds is 8. The molecule has 0 bridgehead atoms. The summed E-state index contributed by atoms with van der Waals surface area (Å²) in [5.41, 5.74) is 1.83. The molecule has 0 spiro atoms. The molecule has 1 unspecified atom stereocenters. The summed E-state index contributed by atoms with van der Waals surface area (Å²) in [7, 11) is 1.62. The summed E-state index contributed by atoms with van der Waals surface area (Å²) in [6.07, 6.45) is 11.6. The summed E-state index contributed by atoms with van der Waals surface area (Å²) < 4.78 is 40.5. The van der Waals surface area contributed by atoms with Gasteiger partial charge < -0.3 is 19.5 Å². The van der Waals surface area contributed by atoms with Crippen molar-refractivity contribution in [1.29, 1.82) is 0 Å². The highest BCUT2D eigenvalue weighted by atomic mass is 19.3. The zero-order chi connectivity index (χ0) is 17.6. The fourth-order valence-electron chi connectivity index (χ4n) is 2.38. The summed E-state index contributed by atoms with van der Waals surface area (Å²) in [4.78, 5) is 0. The van der Waals surface area contributed by atoms with Crippen molar-refractivity contribution >= 4 is 6.08 Å². The highest BCUT2D eigenvalue weighted by Crippen LogP contribution is 2.34. The molecule has 134 valence electrons. The average molecular weight is 349 g/mol. The number of hydrogen-bond acceptors (Lipinski definition) is 4. The molecule has 1 aromatic carbocycles. The zero-order valence-corrected chi connectivity index (χ0v) is 14.0. The molecule has 1 saturated carbocycles. The molecule has 25 heavy (non-hydrogen) atoms. The van der Waals surface area contributed by atoms with Gasteiger partial charge >= 0.3 is 6.61 Å². The van der Waals surface area contributed by atoms with Crippen LogP contribution >= 0.6 is 0 Å². The quantitative estimate of drug-likeness (QED) is 0.767. The molecule has 6 heteroatoms. The van der Waals surface area contributed by atoms with Crippen molar-refractivity contribution in [2.24, 2.45) is 5.92 Å². The van der Waals surface area contributed by atoms with E-state index in [2.05, 4.69) is 10.1 Å². The van der Waals surface area contributed by atoms with Crippen molar-refractivity contribution in [3.63, 3.8) is 0 Å². The van der Waals surface area contributed by atoms with Crippen molar-refractivity contribution < 1.29 is 23.0 Å². The molecular formula is C19H21F2NO3. The van der Waals surface area contributed by atoms with Gasteiger partial charge in [-0.15, -0.1) is 0 Å². The molecule has 1 fully saturated rings. The normalized spacial score (nSPS) is 19.8. The largest absolute Gasteiger partial charge is 0.489 e. The van der Waals surface area contributed by atoms with Crippen molar-refractivity contribution in [1.82, 2.24) is 5.32 Å². The minimum absolute atomic E-state index is 0.0632. The van der Waals surface area contributed by atoms with Gasteiger partial charge in [-0.1, -0.05) is 18.2 Å². The Balaban J connectivity index is 1.73. The first-order chi connectivity index (χ1) is 12.1. The second-order valence-electron chi connectivity index (χ2n) is 6.00. The minimum atomic E-state index is -2.87. The number of halogens is 2. The van der Waals surface area contributed by atoms with E-state index in [-0.39, 0.29) is 12.0 Å². The Morgan fingerprint density at radius 2 is 2.08 bits per heavy atom. The number of allylic oxidation sites excluding steroid dienone is 3. The highest BCUT2D eigenvalue weighted by molar-refractivity contribution is 5.59. The van der Waals surface area contributed by atoms with Crippen LogP contribution in [0.15, 0.2) is 48.2 Å². The maximum atomic E-state index is 12.5. The Kier molecular flexibility index (Phi) is 5.71. The lowest BCUT2D eigenvalue weighted by Crippen LogP contribution is -2.26. The number of alkyl halides is 2. The summed E-state index contributed by atoms with van der Waals surface area (Å²) in [6, 6.07) is 4.95. The Bertz CT molecular complexity index is 681. The van der Waals surface area contributed by atoms with Crippen molar-refractivity contribution in [2.75, 3.05) is 13.7 Å². The van der Waals surface area contributed by atoms with Crippen LogP contribution in [-0.4, -0.2) is 26.6 Å². The Labute approximate surface area is 145 Å². The van der Waals surface area contributed by atoms with Gasteiger partial charge in [0.05, 0.1) is 6.61 Å². The molecule has 1 atom stereocenters. The van der Waals surface area contributed by atoms with E-state index in [1.54, 1.807) is 19.2 Å². The van der Waals surface area contributed by atoms with Gasteiger partial charge in [0.1, 0.15) is 6.23 Å². The predicted molar refractivity (Wildman–Crippen MR) is 91.5 cm³/mol. The molecular weight excluding hydrogens is 328 g/mol. The molecule has 2 aliphatic rings. The lowest BCUT2D eigenvalue weighted by molar-refractivity contribution is -0.0515. The van der Waals surface area contributed by atoms with Crippen LogP contribution in [0.25, 0.3) is 6.08 Å². The van der Waals surface area contributed by atoms with Crippen LogP contribution in [0.5, 0.6) is 11.5 Å². The first-order valence-corrected chi connectivity index (χ1v) is 8.21. The summed E-state index contributed by atoms with van der Waals surface area (Å²) in [5.74, 6) is 0.932. The molecule has 1 aliphatic carbocycles. The molecule has 4 nitrogen and oxygen atoms in total. The van der Waals surface area contributed by atoms with Gasteiger partial charge in [-0.25, -0.2) is 0 Å². The SMILES string of the molecule is COC1C=C(C=Cc2ccc(OC(F)F)c(OCC3CC3)c2)C=CN1. The van der Waals surface area contributed by atoms with Gasteiger partial charge in [0, 0.05) is 7.11 Å². The van der Waals surface area contributed by atoms with Crippen LogP contribution in [-0.2, 0) is 4.74 Å². The fraction of sp³-hybridized carbons (Fsp3) is 0.368. The number of dihydropyridines is 1. The van der Waals surface area contributed by atoms with Gasteiger partial charge in [0.25, 0.3) is 0 Å². The zero-order valence-electron chi connectivity index (χ0n) is 14.0. The van der Waals surface area contributed by atoms with Crippen LogP contribution < -0.4 is 14.8 Å². The first kappa shape index (κ1) is 17.5. The smallest absolute Gasteiger partial charge is 0.387 e. The van der Waals surface area contributed by atoms with Gasteiger partial charge in [-0.3, -0.25) is 0 Å². The van der Waals surface area contributed by atoms with E-state index >= 15 is 0 Å². The molecule has 1 aromatic rings. The predicted octanol–water partition coefficient (Wildman–Crippen LogP) is 4.11. The molecule has 0 aromatic heterocycles. The molecule has 3 rings (SSSR count). The second-order valence-corrected chi connectivity index (χ2v) is 6.00. The molecule has 0 radical (unpaired) electrons. The lowest BCUT2D eigenvalue weighted by Gasteiger charge is -2.15. The summed E-state index contributed by atoms with van der Waals surface area (Å²) in [6.45, 7) is -2.34. The molecule has 1 heterocycles. The van der Waals surface area contributed by atoms with Crippen LogP contribution in [0, 0.1) is 5.92 Å². The van der Waals surface area contributed by atoms with E-state index in [9.17, 15) is 8.78 Å². The number of ether oxygens (including phenoxy) is 3. The Morgan fingerprint density at radius 3 is 2.80 bits per heavy atom. The van der Waals surface area contributed by atoms with E-state index in [0.29, 0.717) is 18.3 Å². The van der Waals surface area contributed by atoms with Crippen molar-refractivity contribution in [2.45, 2.75) is 25.7 Å². The minimum Gasteiger partial charge on any atom is -0.489 e. The first-order valence-electron chi connectivity index (χ1n) is 8.21. The number of benzene rings is 1. The van der Waals surface area contributed by atoms with E-state index in [0.717, 1.165) is 24.0 Å². The number of hydrogen-bond donors (Lipinski definition) is 1. The Morgan fingerprint density at radius 1 is 1.24 bits per heavy atom. The third kappa shape index (κ3) is 5.32. The van der Waals surface area contributed by atoms with Crippen LogP contribution in [0.4, 0.5) is 8.78 Å². The van der Waals surface area contributed by atoms with Gasteiger partial charge in [0.2, 0.25) is 0 Å². The van der Waals surface area contributed by atoms with Gasteiger partial charge in [0.15, 0.2) is 11.5 Å². The van der Waals surface area contributed by atoms with Crippen LogP contribution in [0.1, 0.15) is 18.4 Å². The summed E-state index contributed by atoms with van der Waals surface area (Å²) in [5, 5.41) is 3.04. The highest BCUT2D eigenvalue weighted by Gasteiger charge is 2.23. The van der Waals surface area contributed by atoms with Crippen molar-refractivity contribution in [3.05, 3.63) is 53.8 Å². The maximum absolute atomic E-state index is 12.5. The van der Waals surface area contributed by atoms with E-state index in [4.69, 9.17) is 9.47 Å². The van der Waals surface area contributed by atoms with Crippen molar-refractivity contribution in [3.8, 4) is 11.5 Å². The number of nitrogens with one attached hydrogen (secondary N) is 1. The van der Waals surface area contributed by atoms with E-state index in [1.165, 1.54) is 6.07 Å². The molecule has 1 aliphatic heterocycles. The molecule has 0 amide bonds. The Hall–Kier alpha value is -2.34. The van der Waals surface area contributed by atoms with E-state index < -0.39 is 6.61 Å². The van der Waals surface area contributed by atoms with Crippen LogP contribution in [0.3, 0.4) is 0 Å². The average Bonchev–Trinajstić information content (AvgIpc) is 3.44. The second kappa shape index (κ2) is 8.16. The number of methoxy groups -OCH3 is 1. The van der Waals surface area contributed by atoms with Gasteiger partial charge in [-0.2, -0.15) is 8.78 Å². The molecule has 0 saturated heterocycles. The standard InChI is InChI=1S/C19H21F2NO3/c1-23-18-11-14(8-9-22-18)3-2-13-6-7-16(25-19(20)21)17(10-13)24-12-15-4-5-15/h2-3,6-11,15,18-19,22H,4-5,12H2,1H3. The third-order valence-electron chi connectivity index (χ3n) is 3.96. The topological polar surface area (TPSA) is 39.7 Å². The van der Waals surface area contributed by atoms with Gasteiger partial charge in [-0.05, 0) is 60.4 Å². The van der Waals surface area contributed by atoms with E-state index in [1.807, 2.05) is 30.5 Å². The fourth-order valence-corrected chi connectivity index (χ4v) is 2.38.